The lowest BCUT2D eigenvalue weighted by molar-refractivity contribution is 0.211. The number of H-pyrrole nitrogens is 1. The van der Waals surface area contributed by atoms with E-state index in [0.717, 1.165) is 106 Å². The molecule has 2 saturated heterocycles. The summed E-state index contributed by atoms with van der Waals surface area (Å²) in [7, 11) is 0. The van der Waals surface area contributed by atoms with Crippen molar-refractivity contribution in [2.24, 2.45) is 0 Å². The van der Waals surface area contributed by atoms with Crippen LogP contribution in [-0.2, 0) is 13.0 Å². The number of aromatic amines is 1. The molecular formula is C31H36ClN7OS. The first-order chi connectivity index (χ1) is 20.1. The van der Waals surface area contributed by atoms with Crippen molar-refractivity contribution < 1.29 is 4.74 Å². The van der Waals surface area contributed by atoms with Gasteiger partial charge in [-0.2, -0.15) is 0 Å². The van der Waals surface area contributed by atoms with Gasteiger partial charge in [-0.3, -0.25) is 4.90 Å². The Morgan fingerprint density at radius 1 is 1.05 bits per heavy atom. The second-order valence-electron chi connectivity index (χ2n) is 11.1. The quantitative estimate of drug-likeness (QED) is 0.266. The van der Waals surface area contributed by atoms with Crippen molar-refractivity contribution in [3.63, 3.8) is 0 Å². The average Bonchev–Trinajstić information content (AvgIpc) is 3.67. The Morgan fingerprint density at radius 2 is 1.85 bits per heavy atom. The molecule has 0 radical (unpaired) electrons. The zero-order valence-corrected chi connectivity index (χ0v) is 25.0. The number of halogens is 1. The minimum atomic E-state index is 0.341. The van der Waals surface area contributed by atoms with Crippen molar-refractivity contribution in [1.29, 1.82) is 0 Å². The summed E-state index contributed by atoms with van der Waals surface area (Å²) < 4.78 is 8.08. The van der Waals surface area contributed by atoms with Gasteiger partial charge in [-0.15, -0.1) is 0 Å². The standard InChI is InChI=1S/C31H36ClN7OS/c1-41-39-15-13-38(14-16-39)25-5-3-22(4-6-25)30-35-29-28(26(32)19-33-31(29)36-30)34-24-8-11-37(12-9-24)20-21-2-7-27-23(18-21)10-17-40-27/h2-7,18-19,24H,8-17,20H2,1H3,(H2,33,34,35,36). The summed E-state index contributed by atoms with van der Waals surface area (Å²) in [6.45, 7) is 8.13. The Morgan fingerprint density at radius 3 is 2.63 bits per heavy atom. The first kappa shape index (κ1) is 26.9. The number of pyridine rings is 1. The van der Waals surface area contributed by atoms with Gasteiger partial charge in [0.1, 0.15) is 17.1 Å². The summed E-state index contributed by atoms with van der Waals surface area (Å²) >= 11 is 8.51. The second kappa shape index (κ2) is 11.7. The van der Waals surface area contributed by atoms with E-state index in [0.29, 0.717) is 11.1 Å². The largest absolute Gasteiger partial charge is 0.493 e. The normalized spacial score (nSPS) is 18.5. The Hall–Kier alpha value is -2.98. The van der Waals surface area contributed by atoms with Crippen molar-refractivity contribution >= 4 is 46.1 Å². The third-order valence-corrected chi connectivity index (χ3v) is 9.73. The van der Waals surface area contributed by atoms with Gasteiger partial charge in [0, 0.05) is 69.5 Å². The van der Waals surface area contributed by atoms with E-state index in [1.165, 1.54) is 16.8 Å². The van der Waals surface area contributed by atoms with Gasteiger partial charge in [-0.25, -0.2) is 14.3 Å². The number of aromatic nitrogens is 3. The maximum atomic E-state index is 6.68. The second-order valence-corrected chi connectivity index (χ2v) is 12.4. The van der Waals surface area contributed by atoms with E-state index in [1.807, 2.05) is 11.9 Å². The average molecular weight is 590 g/mol. The monoisotopic (exact) mass is 589 g/mol. The van der Waals surface area contributed by atoms with Crippen LogP contribution in [0.4, 0.5) is 11.4 Å². The SMILES string of the molecule is CSN1CCN(c2ccc(-c3nc4c(NC5CCN(Cc6ccc7c(c6)CCO7)CC5)c(Cl)cnc4[nH]3)cc2)CC1. The van der Waals surface area contributed by atoms with Crippen molar-refractivity contribution in [2.45, 2.75) is 31.8 Å². The molecule has 0 atom stereocenters. The molecule has 2 aromatic heterocycles. The number of benzene rings is 2. The molecule has 0 bridgehead atoms. The Balaban J connectivity index is 1.01. The lowest BCUT2D eigenvalue weighted by Gasteiger charge is -2.34. The van der Waals surface area contributed by atoms with E-state index in [4.69, 9.17) is 21.3 Å². The number of nitrogens with one attached hydrogen (secondary N) is 2. The van der Waals surface area contributed by atoms with Crippen molar-refractivity contribution in [3.8, 4) is 17.1 Å². The fraction of sp³-hybridized carbons (Fsp3) is 0.419. The zero-order valence-electron chi connectivity index (χ0n) is 23.4. The number of ether oxygens (including phenoxy) is 1. The number of imidazole rings is 1. The third kappa shape index (κ3) is 5.73. The Bertz CT molecular complexity index is 1510. The highest BCUT2D eigenvalue weighted by Crippen LogP contribution is 2.33. The fourth-order valence-corrected chi connectivity index (χ4v) is 6.92. The minimum absolute atomic E-state index is 0.341. The number of likely N-dealkylation sites (tertiary alicyclic amines) is 1. The van der Waals surface area contributed by atoms with E-state index in [2.05, 4.69) is 78.1 Å². The zero-order chi connectivity index (χ0) is 27.8. The predicted octanol–water partition coefficient (Wildman–Crippen LogP) is 5.69. The number of piperidine rings is 1. The van der Waals surface area contributed by atoms with E-state index in [9.17, 15) is 0 Å². The summed E-state index contributed by atoms with van der Waals surface area (Å²) in [5.41, 5.74) is 7.44. The van der Waals surface area contributed by atoms with E-state index >= 15 is 0 Å². The van der Waals surface area contributed by atoms with Crippen molar-refractivity contribution in [1.82, 2.24) is 24.2 Å². The van der Waals surface area contributed by atoms with Crippen LogP contribution in [0.25, 0.3) is 22.6 Å². The number of anilines is 2. The van der Waals surface area contributed by atoms with E-state index in [-0.39, 0.29) is 0 Å². The molecule has 0 unspecified atom stereocenters. The number of rotatable bonds is 7. The molecule has 0 saturated carbocycles. The highest BCUT2D eigenvalue weighted by molar-refractivity contribution is 7.96. The van der Waals surface area contributed by atoms with Gasteiger partial charge in [-0.1, -0.05) is 35.7 Å². The van der Waals surface area contributed by atoms with Crippen LogP contribution in [0.1, 0.15) is 24.0 Å². The third-order valence-electron chi connectivity index (χ3n) is 8.57. The molecule has 0 aliphatic carbocycles. The van der Waals surface area contributed by atoms with Crippen LogP contribution in [0, 0.1) is 0 Å². The Kier molecular flexibility index (Phi) is 7.69. The molecule has 41 heavy (non-hydrogen) atoms. The fourth-order valence-electron chi connectivity index (χ4n) is 6.20. The van der Waals surface area contributed by atoms with Crippen LogP contribution in [0.15, 0.2) is 48.7 Å². The van der Waals surface area contributed by atoms with Gasteiger partial charge in [-0.05, 0) is 60.6 Å². The maximum Gasteiger partial charge on any atom is 0.159 e. The van der Waals surface area contributed by atoms with E-state index < -0.39 is 0 Å². The van der Waals surface area contributed by atoms with E-state index in [1.54, 1.807) is 6.20 Å². The van der Waals surface area contributed by atoms with Crippen molar-refractivity contribution in [2.75, 3.05) is 62.3 Å². The Labute approximate surface area is 250 Å². The number of fused-ring (bicyclic) bond motifs is 2. The molecule has 0 spiro atoms. The van der Waals surface area contributed by atoms with Gasteiger partial charge in [0.2, 0.25) is 0 Å². The molecule has 3 aliphatic heterocycles. The molecule has 2 fully saturated rings. The van der Waals surface area contributed by atoms with Crippen LogP contribution in [0.2, 0.25) is 5.02 Å². The smallest absolute Gasteiger partial charge is 0.159 e. The van der Waals surface area contributed by atoms with Crippen LogP contribution >= 0.6 is 23.5 Å². The molecule has 2 aromatic carbocycles. The van der Waals surface area contributed by atoms with Crippen molar-refractivity contribution in [3.05, 3.63) is 64.8 Å². The van der Waals surface area contributed by atoms with Gasteiger partial charge >= 0.3 is 0 Å². The molecule has 5 heterocycles. The molecule has 10 heteroatoms. The molecule has 4 aromatic rings. The number of hydrogen-bond donors (Lipinski definition) is 2. The summed E-state index contributed by atoms with van der Waals surface area (Å²) in [5.74, 6) is 1.86. The van der Waals surface area contributed by atoms with Crippen LogP contribution in [0.3, 0.4) is 0 Å². The summed E-state index contributed by atoms with van der Waals surface area (Å²) in [6.07, 6.45) is 7.00. The topological polar surface area (TPSA) is 72.6 Å². The highest BCUT2D eigenvalue weighted by atomic mass is 35.5. The molecule has 7 rings (SSSR count). The lowest BCUT2D eigenvalue weighted by atomic mass is 10.0. The minimum Gasteiger partial charge on any atom is -0.493 e. The molecule has 3 aliphatic rings. The predicted molar refractivity (Wildman–Crippen MR) is 169 cm³/mol. The summed E-state index contributed by atoms with van der Waals surface area (Å²) in [5, 5.41) is 4.34. The molecule has 214 valence electrons. The molecule has 8 nitrogen and oxygen atoms in total. The summed E-state index contributed by atoms with van der Waals surface area (Å²) in [6, 6.07) is 15.7. The van der Waals surface area contributed by atoms with Crippen LogP contribution in [0.5, 0.6) is 5.75 Å². The van der Waals surface area contributed by atoms with Gasteiger partial charge in [0.25, 0.3) is 0 Å². The van der Waals surface area contributed by atoms with Gasteiger partial charge in [0.15, 0.2) is 5.65 Å². The molecule has 2 N–H and O–H groups in total. The molecular weight excluding hydrogens is 554 g/mol. The number of piperazine rings is 1. The lowest BCUT2D eigenvalue weighted by Crippen LogP contribution is -2.43. The summed E-state index contributed by atoms with van der Waals surface area (Å²) in [4.78, 5) is 17.9. The molecule has 0 amide bonds. The van der Waals surface area contributed by atoms with Crippen LogP contribution in [-0.4, -0.2) is 82.3 Å². The van der Waals surface area contributed by atoms with Gasteiger partial charge < -0.3 is 19.9 Å². The first-order valence-electron chi connectivity index (χ1n) is 14.5. The van der Waals surface area contributed by atoms with Gasteiger partial charge in [0.05, 0.1) is 23.5 Å². The number of hydrogen-bond acceptors (Lipinski definition) is 8. The first-order valence-corrected chi connectivity index (χ1v) is 16.1. The maximum absolute atomic E-state index is 6.68. The van der Waals surface area contributed by atoms with Crippen LogP contribution < -0.4 is 15.0 Å². The highest BCUT2D eigenvalue weighted by Gasteiger charge is 2.23. The number of nitrogens with zero attached hydrogens (tertiary/aromatic N) is 5.